The molecule has 0 spiro atoms. The van der Waals surface area contributed by atoms with Gasteiger partial charge in [0.1, 0.15) is 0 Å². The molecule has 0 saturated carbocycles. The third kappa shape index (κ3) is 2.21. The third-order valence-electron chi connectivity index (χ3n) is 2.05. The van der Waals surface area contributed by atoms with Crippen LogP contribution in [-0.4, -0.2) is 4.98 Å². The Morgan fingerprint density at radius 2 is 2.20 bits per heavy atom. The highest BCUT2D eigenvalue weighted by Crippen LogP contribution is 2.23. The molecule has 0 unspecified atom stereocenters. The van der Waals surface area contributed by atoms with Gasteiger partial charge < -0.3 is 0 Å². The number of rotatable bonds is 1. The number of nitrogens with zero attached hydrogens (tertiary/aromatic N) is 2. The Morgan fingerprint density at radius 3 is 2.93 bits per heavy atom. The first-order chi connectivity index (χ1) is 7.20. The van der Waals surface area contributed by atoms with E-state index in [1.54, 1.807) is 6.20 Å². The van der Waals surface area contributed by atoms with Crippen LogP contribution in [0.1, 0.15) is 5.56 Å². The normalized spacial score (nSPS) is 10.2. The standard InChI is InChI=1S/C11H6ClIN2/c12-9-5-8-3-7(1-2-14)4-10(13)11(8)15-6-9/h3-6H,1H2. The van der Waals surface area contributed by atoms with Gasteiger partial charge in [-0.3, -0.25) is 4.98 Å². The maximum absolute atomic E-state index is 8.64. The van der Waals surface area contributed by atoms with Crippen LogP contribution in [0.2, 0.25) is 5.02 Å². The van der Waals surface area contributed by atoms with Crippen molar-refractivity contribution in [2.75, 3.05) is 0 Å². The molecule has 2 aromatic rings. The van der Waals surface area contributed by atoms with Gasteiger partial charge in [0, 0.05) is 15.2 Å². The predicted octanol–water partition coefficient (Wildman–Crippen LogP) is 3.56. The summed E-state index contributed by atoms with van der Waals surface area (Å²) < 4.78 is 1.05. The van der Waals surface area contributed by atoms with Gasteiger partial charge in [-0.1, -0.05) is 11.6 Å². The summed E-state index contributed by atoms with van der Waals surface area (Å²) in [7, 11) is 0. The summed E-state index contributed by atoms with van der Waals surface area (Å²) in [5.41, 5.74) is 1.93. The Kier molecular flexibility index (Phi) is 3.08. The lowest BCUT2D eigenvalue weighted by molar-refractivity contribution is 1.26. The van der Waals surface area contributed by atoms with Crippen molar-refractivity contribution in [1.29, 1.82) is 5.26 Å². The van der Waals surface area contributed by atoms with E-state index in [1.165, 1.54) is 0 Å². The van der Waals surface area contributed by atoms with Gasteiger partial charge in [0.2, 0.25) is 0 Å². The lowest BCUT2D eigenvalue weighted by atomic mass is 10.1. The highest BCUT2D eigenvalue weighted by atomic mass is 127. The summed E-state index contributed by atoms with van der Waals surface area (Å²) in [5, 5.41) is 10.2. The molecule has 2 rings (SSSR count). The number of hydrogen-bond acceptors (Lipinski definition) is 2. The number of pyridine rings is 1. The molecule has 0 atom stereocenters. The minimum Gasteiger partial charge on any atom is -0.254 e. The molecular formula is C11H6ClIN2. The fourth-order valence-electron chi connectivity index (χ4n) is 1.43. The minimum absolute atomic E-state index is 0.415. The minimum atomic E-state index is 0.415. The Bertz CT molecular complexity index is 560. The molecule has 0 radical (unpaired) electrons. The lowest BCUT2D eigenvalue weighted by Gasteiger charge is -2.03. The monoisotopic (exact) mass is 328 g/mol. The van der Waals surface area contributed by atoms with Gasteiger partial charge in [0.05, 0.1) is 23.0 Å². The van der Waals surface area contributed by atoms with Crippen LogP contribution in [0, 0.1) is 14.9 Å². The first-order valence-corrected chi connectivity index (χ1v) is 5.77. The molecule has 0 amide bonds. The van der Waals surface area contributed by atoms with Crippen LogP contribution < -0.4 is 0 Å². The van der Waals surface area contributed by atoms with E-state index in [0.29, 0.717) is 11.4 Å². The fraction of sp³-hybridized carbons (Fsp3) is 0.0909. The van der Waals surface area contributed by atoms with E-state index in [0.717, 1.165) is 20.0 Å². The van der Waals surface area contributed by atoms with Gasteiger partial charge in [0.25, 0.3) is 0 Å². The number of benzene rings is 1. The summed E-state index contributed by atoms with van der Waals surface area (Å²) in [6.07, 6.45) is 2.05. The van der Waals surface area contributed by atoms with Gasteiger partial charge in [-0.15, -0.1) is 0 Å². The van der Waals surface area contributed by atoms with E-state index in [2.05, 4.69) is 33.6 Å². The average molecular weight is 329 g/mol. The van der Waals surface area contributed by atoms with E-state index in [1.807, 2.05) is 18.2 Å². The molecule has 0 fully saturated rings. The largest absolute Gasteiger partial charge is 0.254 e. The van der Waals surface area contributed by atoms with Crippen LogP contribution in [0.3, 0.4) is 0 Å². The molecule has 0 saturated heterocycles. The number of hydrogen-bond donors (Lipinski definition) is 0. The van der Waals surface area contributed by atoms with Crippen molar-refractivity contribution in [3.63, 3.8) is 0 Å². The third-order valence-corrected chi connectivity index (χ3v) is 3.08. The highest BCUT2D eigenvalue weighted by molar-refractivity contribution is 14.1. The molecule has 0 bridgehead atoms. The average Bonchev–Trinajstić information content (AvgIpc) is 2.17. The highest BCUT2D eigenvalue weighted by Gasteiger charge is 2.03. The summed E-state index contributed by atoms with van der Waals surface area (Å²) in [6.45, 7) is 0. The van der Waals surface area contributed by atoms with Gasteiger partial charge in [-0.2, -0.15) is 5.26 Å². The van der Waals surface area contributed by atoms with Crippen molar-refractivity contribution in [3.05, 3.63) is 38.6 Å². The molecule has 0 aliphatic carbocycles. The molecule has 1 aromatic heterocycles. The fourth-order valence-corrected chi connectivity index (χ4v) is 2.45. The summed E-state index contributed by atoms with van der Waals surface area (Å²) >= 11 is 8.09. The van der Waals surface area contributed by atoms with Crippen molar-refractivity contribution in [2.45, 2.75) is 6.42 Å². The van der Waals surface area contributed by atoms with E-state index >= 15 is 0 Å². The topological polar surface area (TPSA) is 36.7 Å². The van der Waals surface area contributed by atoms with Crippen LogP contribution in [0.15, 0.2) is 24.4 Å². The maximum Gasteiger partial charge on any atom is 0.0836 e. The van der Waals surface area contributed by atoms with Crippen molar-refractivity contribution in [3.8, 4) is 6.07 Å². The zero-order valence-electron chi connectivity index (χ0n) is 7.67. The molecule has 0 aliphatic rings. The second-order valence-corrected chi connectivity index (χ2v) is 4.74. The van der Waals surface area contributed by atoms with Crippen molar-refractivity contribution in [2.24, 2.45) is 0 Å². The second kappa shape index (κ2) is 4.33. The predicted molar refractivity (Wildman–Crippen MR) is 68.8 cm³/mol. The van der Waals surface area contributed by atoms with Gasteiger partial charge in [0.15, 0.2) is 0 Å². The number of fused-ring (bicyclic) bond motifs is 1. The first kappa shape index (κ1) is 10.7. The SMILES string of the molecule is N#CCc1cc(I)c2ncc(Cl)cc2c1. The van der Waals surface area contributed by atoms with Gasteiger partial charge in [-0.05, 0) is 46.4 Å². The zero-order chi connectivity index (χ0) is 10.8. The summed E-state index contributed by atoms with van der Waals surface area (Å²) in [4.78, 5) is 4.26. The molecule has 2 nitrogen and oxygen atoms in total. The van der Waals surface area contributed by atoms with Crippen LogP contribution in [0.4, 0.5) is 0 Å². The van der Waals surface area contributed by atoms with Crippen molar-refractivity contribution in [1.82, 2.24) is 4.98 Å². The number of halogens is 2. The zero-order valence-corrected chi connectivity index (χ0v) is 10.6. The Morgan fingerprint density at radius 1 is 1.40 bits per heavy atom. The van der Waals surface area contributed by atoms with Crippen molar-refractivity contribution < 1.29 is 0 Å². The number of aromatic nitrogens is 1. The Labute approximate surface area is 106 Å². The second-order valence-electron chi connectivity index (χ2n) is 3.14. The number of nitriles is 1. The van der Waals surface area contributed by atoms with E-state index in [-0.39, 0.29) is 0 Å². The van der Waals surface area contributed by atoms with Crippen LogP contribution in [0.5, 0.6) is 0 Å². The van der Waals surface area contributed by atoms with Gasteiger partial charge >= 0.3 is 0 Å². The molecule has 1 aromatic carbocycles. The lowest BCUT2D eigenvalue weighted by Crippen LogP contribution is -1.88. The molecule has 1 heterocycles. The molecule has 15 heavy (non-hydrogen) atoms. The van der Waals surface area contributed by atoms with E-state index in [4.69, 9.17) is 16.9 Å². The van der Waals surface area contributed by atoms with Crippen LogP contribution >= 0.6 is 34.2 Å². The smallest absolute Gasteiger partial charge is 0.0836 e. The quantitative estimate of drug-likeness (QED) is 0.751. The summed E-state index contributed by atoms with van der Waals surface area (Å²) in [5.74, 6) is 0. The Hall–Kier alpha value is -0.860. The first-order valence-electron chi connectivity index (χ1n) is 4.31. The van der Waals surface area contributed by atoms with E-state index in [9.17, 15) is 0 Å². The maximum atomic E-state index is 8.64. The van der Waals surface area contributed by atoms with Crippen LogP contribution in [-0.2, 0) is 6.42 Å². The molecule has 74 valence electrons. The summed E-state index contributed by atoms with van der Waals surface area (Å²) in [6, 6.07) is 7.94. The van der Waals surface area contributed by atoms with Gasteiger partial charge in [-0.25, -0.2) is 0 Å². The Balaban J connectivity index is 2.69. The molecule has 0 N–H and O–H groups in total. The van der Waals surface area contributed by atoms with Crippen LogP contribution in [0.25, 0.3) is 10.9 Å². The van der Waals surface area contributed by atoms with E-state index < -0.39 is 0 Å². The molecular weight excluding hydrogens is 322 g/mol. The molecule has 0 aliphatic heterocycles. The van der Waals surface area contributed by atoms with Crippen molar-refractivity contribution >= 4 is 45.1 Å². The molecule has 4 heteroatoms.